The normalized spacial score (nSPS) is 14.0. The van der Waals surface area contributed by atoms with E-state index in [4.69, 9.17) is 12.6 Å². The Bertz CT molecular complexity index is 1310. The van der Waals surface area contributed by atoms with Gasteiger partial charge in [-0.25, -0.2) is 0 Å². The summed E-state index contributed by atoms with van der Waals surface area (Å²) in [6.07, 6.45) is 5.18. The molecule has 0 saturated heterocycles. The first-order valence-electron chi connectivity index (χ1n) is 14.5. The van der Waals surface area contributed by atoms with Crippen molar-refractivity contribution in [2.24, 2.45) is 0 Å². The first-order chi connectivity index (χ1) is 20.0. The third kappa shape index (κ3) is 6.17. The molecule has 1 unspecified atom stereocenters. The Morgan fingerprint density at radius 1 is 0.659 bits per heavy atom. The number of nitrogens with zero attached hydrogens (tertiary/aromatic N) is 2. The summed E-state index contributed by atoms with van der Waals surface area (Å²) in [4.78, 5) is 28.9. The second-order valence-corrected chi connectivity index (χ2v) is 11.5. The summed E-state index contributed by atoms with van der Waals surface area (Å²) in [6, 6.07) is 39.7. The number of unbranched alkanes of at least 4 members (excludes halogenated alkanes) is 2. The maximum atomic E-state index is 12.7. The molecule has 5 heteroatoms. The Hall–Kier alpha value is -3.67. The number of thiol groups is 1. The van der Waals surface area contributed by atoms with Crippen molar-refractivity contribution in [3.05, 3.63) is 143 Å². The van der Waals surface area contributed by atoms with E-state index in [1.807, 2.05) is 7.05 Å². The van der Waals surface area contributed by atoms with Gasteiger partial charge in [0.15, 0.2) is 0 Å². The number of amides is 2. The van der Waals surface area contributed by atoms with Crippen molar-refractivity contribution >= 4 is 24.4 Å². The maximum absolute atomic E-state index is 12.7. The Kier molecular flexibility index (Phi) is 9.38. The number of hydrogen-bond acceptors (Lipinski definition) is 4. The van der Waals surface area contributed by atoms with Crippen molar-refractivity contribution in [2.75, 3.05) is 20.1 Å². The first-order valence-corrected chi connectivity index (χ1v) is 15.0. The molecular weight excluding hydrogens is 524 g/mol. The SMILES string of the molecule is CN(CCN1C(=O)c2ccccc2C1=O)C(S)CCCCCC(c1ccccc1)(c1ccccc1)c1ccccc1. The lowest BCUT2D eigenvalue weighted by Crippen LogP contribution is -2.39. The molecule has 41 heavy (non-hydrogen) atoms. The highest BCUT2D eigenvalue weighted by Crippen LogP contribution is 2.43. The molecule has 0 aromatic heterocycles. The lowest BCUT2D eigenvalue weighted by atomic mass is 9.66. The maximum Gasteiger partial charge on any atom is 0.261 e. The van der Waals surface area contributed by atoms with Crippen LogP contribution in [0.3, 0.4) is 0 Å². The van der Waals surface area contributed by atoms with Crippen LogP contribution < -0.4 is 0 Å². The van der Waals surface area contributed by atoms with Crippen LogP contribution >= 0.6 is 12.6 Å². The van der Waals surface area contributed by atoms with Gasteiger partial charge < -0.3 is 0 Å². The summed E-state index contributed by atoms with van der Waals surface area (Å²) in [5.41, 5.74) is 4.74. The fourth-order valence-corrected chi connectivity index (χ4v) is 6.36. The summed E-state index contributed by atoms with van der Waals surface area (Å²) in [7, 11) is 2.01. The highest BCUT2D eigenvalue weighted by atomic mass is 32.1. The number of rotatable bonds is 13. The minimum atomic E-state index is -0.215. The van der Waals surface area contributed by atoms with E-state index in [1.54, 1.807) is 24.3 Å². The van der Waals surface area contributed by atoms with Gasteiger partial charge in [0.05, 0.1) is 16.5 Å². The molecule has 0 aliphatic carbocycles. The van der Waals surface area contributed by atoms with Crippen LogP contribution in [0.2, 0.25) is 0 Å². The standard InChI is InChI=1S/C36H38N2O2S/c1-37(26-27-38-34(39)31-22-13-14-23-32(31)35(38)40)33(41)24-12-5-15-25-36(28-16-6-2-7-17-28,29-18-8-3-9-19-29)30-20-10-4-11-21-30/h2-4,6-11,13-14,16-23,33,41H,5,12,15,24-27H2,1H3. The van der Waals surface area contributed by atoms with Crippen LogP contribution in [0.1, 0.15) is 69.5 Å². The van der Waals surface area contributed by atoms with Gasteiger partial charge in [0.25, 0.3) is 11.8 Å². The number of carbonyl (C=O) groups is 2. The van der Waals surface area contributed by atoms with Crippen LogP contribution in [0, 0.1) is 0 Å². The average molecular weight is 563 g/mol. The van der Waals surface area contributed by atoms with Crippen molar-refractivity contribution in [3.8, 4) is 0 Å². The zero-order valence-electron chi connectivity index (χ0n) is 23.7. The second-order valence-electron chi connectivity index (χ2n) is 10.9. The molecule has 5 rings (SSSR count). The number of likely N-dealkylation sites (N-methyl/N-ethyl adjacent to an activating group) is 1. The molecule has 210 valence electrons. The molecule has 0 N–H and O–H groups in total. The summed E-state index contributed by atoms with van der Waals surface area (Å²) < 4.78 is 0. The van der Waals surface area contributed by atoms with Gasteiger partial charge in [0.2, 0.25) is 0 Å². The molecule has 2 amide bonds. The van der Waals surface area contributed by atoms with Crippen molar-refractivity contribution in [2.45, 2.75) is 42.9 Å². The van der Waals surface area contributed by atoms with E-state index in [2.05, 4.69) is 95.9 Å². The van der Waals surface area contributed by atoms with Crippen molar-refractivity contribution in [1.82, 2.24) is 9.80 Å². The molecule has 4 nitrogen and oxygen atoms in total. The number of benzene rings is 4. The van der Waals surface area contributed by atoms with Gasteiger partial charge >= 0.3 is 0 Å². The van der Waals surface area contributed by atoms with Gasteiger partial charge in [-0.05, 0) is 48.7 Å². The van der Waals surface area contributed by atoms with E-state index >= 15 is 0 Å². The largest absolute Gasteiger partial charge is 0.293 e. The van der Waals surface area contributed by atoms with Gasteiger partial charge in [-0.1, -0.05) is 122 Å². The Balaban J connectivity index is 1.18. The summed E-state index contributed by atoms with van der Waals surface area (Å²) in [5.74, 6) is -0.401. The summed E-state index contributed by atoms with van der Waals surface area (Å²) in [5, 5.41) is 0.0623. The molecule has 4 aromatic carbocycles. The number of imide groups is 1. The molecule has 0 saturated carbocycles. The molecule has 0 bridgehead atoms. The predicted octanol–water partition coefficient (Wildman–Crippen LogP) is 7.46. The van der Waals surface area contributed by atoms with Gasteiger partial charge in [0.1, 0.15) is 0 Å². The van der Waals surface area contributed by atoms with E-state index in [0.29, 0.717) is 24.2 Å². The van der Waals surface area contributed by atoms with Gasteiger partial charge in [-0.15, -0.1) is 0 Å². The quantitative estimate of drug-likeness (QED) is 0.0605. The second kappa shape index (κ2) is 13.3. The zero-order valence-corrected chi connectivity index (χ0v) is 24.5. The van der Waals surface area contributed by atoms with Crippen molar-refractivity contribution in [3.63, 3.8) is 0 Å². The van der Waals surface area contributed by atoms with Gasteiger partial charge in [-0.2, -0.15) is 12.6 Å². The molecular formula is C36H38N2O2S. The molecule has 1 aliphatic heterocycles. The van der Waals surface area contributed by atoms with E-state index in [1.165, 1.54) is 21.6 Å². The van der Waals surface area contributed by atoms with E-state index in [0.717, 1.165) is 32.1 Å². The van der Waals surface area contributed by atoms with Crippen LogP contribution in [-0.2, 0) is 5.41 Å². The van der Waals surface area contributed by atoms with E-state index in [-0.39, 0.29) is 22.6 Å². The van der Waals surface area contributed by atoms with Crippen LogP contribution in [0.4, 0.5) is 0 Å². The van der Waals surface area contributed by atoms with Crippen LogP contribution in [0.25, 0.3) is 0 Å². The number of hydrogen-bond donors (Lipinski definition) is 1. The van der Waals surface area contributed by atoms with Crippen LogP contribution in [0.15, 0.2) is 115 Å². The Morgan fingerprint density at radius 2 is 1.10 bits per heavy atom. The molecule has 1 atom stereocenters. The summed E-state index contributed by atoms with van der Waals surface area (Å²) >= 11 is 4.86. The highest BCUT2D eigenvalue weighted by molar-refractivity contribution is 7.80. The minimum Gasteiger partial charge on any atom is -0.293 e. The molecule has 1 aliphatic rings. The molecule has 0 fully saturated rings. The topological polar surface area (TPSA) is 40.6 Å². The van der Waals surface area contributed by atoms with Crippen LogP contribution in [-0.4, -0.2) is 47.1 Å². The van der Waals surface area contributed by atoms with Crippen molar-refractivity contribution in [1.29, 1.82) is 0 Å². The van der Waals surface area contributed by atoms with Crippen molar-refractivity contribution < 1.29 is 9.59 Å². The average Bonchev–Trinajstić information content (AvgIpc) is 3.27. The smallest absolute Gasteiger partial charge is 0.261 e. The number of carbonyl (C=O) groups excluding carboxylic acids is 2. The fourth-order valence-electron chi connectivity index (χ4n) is 6.06. The minimum absolute atomic E-state index is 0.0623. The summed E-state index contributed by atoms with van der Waals surface area (Å²) in [6.45, 7) is 0.965. The monoisotopic (exact) mass is 562 g/mol. The first kappa shape index (κ1) is 28.8. The lowest BCUT2D eigenvalue weighted by Gasteiger charge is -2.36. The number of fused-ring (bicyclic) bond motifs is 1. The van der Waals surface area contributed by atoms with Gasteiger partial charge in [-0.3, -0.25) is 19.4 Å². The third-order valence-corrected chi connectivity index (χ3v) is 9.03. The highest BCUT2D eigenvalue weighted by Gasteiger charge is 2.36. The Labute approximate surface area is 249 Å². The third-order valence-electron chi connectivity index (χ3n) is 8.38. The lowest BCUT2D eigenvalue weighted by molar-refractivity contribution is 0.0639. The molecule has 0 radical (unpaired) electrons. The zero-order chi connectivity index (χ0) is 28.7. The molecule has 1 heterocycles. The van der Waals surface area contributed by atoms with Crippen LogP contribution in [0.5, 0.6) is 0 Å². The molecule has 0 spiro atoms. The van der Waals surface area contributed by atoms with E-state index in [9.17, 15) is 9.59 Å². The van der Waals surface area contributed by atoms with E-state index < -0.39 is 0 Å². The fraction of sp³-hybridized carbons (Fsp3) is 0.278. The molecule has 4 aromatic rings. The Morgan fingerprint density at radius 3 is 1.56 bits per heavy atom. The predicted molar refractivity (Wildman–Crippen MR) is 170 cm³/mol. The van der Waals surface area contributed by atoms with Gasteiger partial charge in [0, 0.05) is 18.5 Å².